The molecule has 0 aliphatic heterocycles. The molecule has 0 N–H and O–H groups in total. The molecule has 1 heterocycles. The molecule has 0 atom stereocenters. The number of rotatable bonds is 9. The van der Waals surface area contributed by atoms with Crippen molar-refractivity contribution in [2.45, 2.75) is 50.3 Å². The Balaban J connectivity index is 2.97. The van der Waals surface area contributed by atoms with Crippen LogP contribution in [0.1, 0.15) is 44.4 Å². The number of alkyl halides is 1. The molecule has 6 heteroatoms. The van der Waals surface area contributed by atoms with Gasteiger partial charge in [0.15, 0.2) is 0 Å². The van der Waals surface area contributed by atoms with Crippen molar-refractivity contribution in [3.8, 4) is 0 Å². The van der Waals surface area contributed by atoms with E-state index >= 15 is 0 Å². The molecule has 0 radical (unpaired) electrons. The van der Waals surface area contributed by atoms with Gasteiger partial charge >= 0.3 is 0 Å². The zero-order valence-corrected chi connectivity index (χ0v) is 14.0. The molecular formula is C13H22ClNO2S2. The van der Waals surface area contributed by atoms with E-state index in [1.54, 1.807) is 15.8 Å². The van der Waals surface area contributed by atoms with E-state index < -0.39 is 10.0 Å². The molecule has 110 valence electrons. The molecule has 19 heavy (non-hydrogen) atoms. The number of hydrogen-bond donors (Lipinski definition) is 0. The molecule has 0 aromatic carbocycles. The van der Waals surface area contributed by atoms with Crippen LogP contribution in [0.3, 0.4) is 0 Å². The lowest BCUT2D eigenvalue weighted by Crippen LogP contribution is -2.33. The number of hydrogen-bond acceptors (Lipinski definition) is 3. The van der Waals surface area contributed by atoms with Crippen LogP contribution < -0.4 is 0 Å². The second-order valence-corrected chi connectivity index (χ2v) is 7.63. The van der Waals surface area contributed by atoms with Crippen molar-refractivity contribution in [1.29, 1.82) is 0 Å². The van der Waals surface area contributed by atoms with Gasteiger partial charge in [0.2, 0.25) is 10.0 Å². The Labute approximate surface area is 125 Å². The number of halogens is 1. The number of sulfonamides is 1. The molecular weight excluding hydrogens is 302 g/mol. The SMILES string of the molecule is CCCCN(CCCC)S(=O)(=O)c1ccsc1CCl. The van der Waals surface area contributed by atoms with Gasteiger partial charge in [-0.05, 0) is 24.3 Å². The minimum absolute atomic E-state index is 0.252. The normalized spacial score (nSPS) is 12.2. The van der Waals surface area contributed by atoms with E-state index in [-0.39, 0.29) is 5.88 Å². The van der Waals surface area contributed by atoms with Gasteiger partial charge in [-0.2, -0.15) is 4.31 Å². The van der Waals surface area contributed by atoms with Crippen molar-refractivity contribution < 1.29 is 8.42 Å². The molecule has 0 saturated heterocycles. The van der Waals surface area contributed by atoms with Gasteiger partial charge in [0, 0.05) is 18.0 Å². The Morgan fingerprint density at radius 3 is 2.26 bits per heavy atom. The lowest BCUT2D eigenvalue weighted by atomic mass is 10.3. The van der Waals surface area contributed by atoms with Gasteiger partial charge in [-0.1, -0.05) is 26.7 Å². The first-order chi connectivity index (χ1) is 9.07. The summed E-state index contributed by atoms with van der Waals surface area (Å²) in [6.07, 6.45) is 3.76. The lowest BCUT2D eigenvalue weighted by Gasteiger charge is -2.21. The van der Waals surface area contributed by atoms with Crippen LogP contribution in [0.25, 0.3) is 0 Å². The first kappa shape index (κ1) is 17.0. The molecule has 3 nitrogen and oxygen atoms in total. The monoisotopic (exact) mass is 323 g/mol. The largest absolute Gasteiger partial charge is 0.244 e. The second kappa shape index (κ2) is 8.25. The summed E-state index contributed by atoms with van der Waals surface area (Å²) >= 11 is 7.22. The third-order valence-corrected chi connectivity index (χ3v) is 6.43. The Morgan fingerprint density at radius 2 is 1.79 bits per heavy atom. The smallest absolute Gasteiger partial charge is 0.207 e. The predicted molar refractivity (Wildman–Crippen MR) is 82.5 cm³/mol. The van der Waals surface area contributed by atoms with Crippen LogP contribution in [0.4, 0.5) is 0 Å². The minimum atomic E-state index is -3.39. The molecule has 1 rings (SSSR count). The fourth-order valence-corrected chi connectivity index (χ4v) is 5.01. The molecule has 0 spiro atoms. The maximum atomic E-state index is 12.7. The van der Waals surface area contributed by atoms with E-state index in [0.29, 0.717) is 18.0 Å². The van der Waals surface area contributed by atoms with Crippen molar-refractivity contribution in [1.82, 2.24) is 4.31 Å². The highest BCUT2D eigenvalue weighted by Crippen LogP contribution is 2.27. The summed E-state index contributed by atoms with van der Waals surface area (Å²) in [4.78, 5) is 1.12. The summed E-state index contributed by atoms with van der Waals surface area (Å²) in [7, 11) is -3.39. The summed E-state index contributed by atoms with van der Waals surface area (Å²) in [5.41, 5.74) is 0. The lowest BCUT2D eigenvalue weighted by molar-refractivity contribution is 0.395. The molecule has 0 saturated carbocycles. The van der Waals surface area contributed by atoms with Crippen LogP contribution >= 0.6 is 22.9 Å². The maximum absolute atomic E-state index is 12.7. The summed E-state index contributed by atoms with van der Waals surface area (Å²) in [5, 5.41) is 1.79. The average Bonchev–Trinajstić information content (AvgIpc) is 2.87. The van der Waals surface area contributed by atoms with Crippen LogP contribution in [0, 0.1) is 0 Å². The van der Waals surface area contributed by atoms with Gasteiger partial charge in [-0.25, -0.2) is 8.42 Å². The van der Waals surface area contributed by atoms with Crippen LogP contribution in [-0.4, -0.2) is 25.8 Å². The Hall–Kier alpha value is -0.100. The zero-order chi connectivity index (χ0) is 14.3. The molecule has 0 fully saturated rings. The van der Waals surface area contributed by atoms with Gasteiger partial charge in [0.1, 0.15) is 0 Å². The van der Waals surface area contributed by atoms with Crippen molar-refractivity contribution >= 4 is 33.0 Å². The number of thiophene rings is 1. The molecule has 0 unspecified atom stereocenters. The molecule has 0 amide bonds. The van der Waals surface area contributed by atoms with Crippen molar-refractivity contribution in [2.24, 2.45) is 0 Å². The van der Waals surface area contributed by atoms with E-state index in [1.807, 2.05) is 0 Å². The predicted octanol–water partition coefficient (Wildman–Crippen LogP) is 4.08. The van der Waals surface area contributed by atoms with Gasteiger partial charge in [-0.3, -0.25) is 0 Å². The van der Waals surface area contributed by atoms with Crippen molar-refractivity contribution in [2.75, 3.05) is 13.1 Å². The van der Waals surface area contributed by atoms with Gasteiger partial charge in [0.05, 0.1) is 10.8 Å². The van der Waals surface area contributed by atoms with E-state index in [9.17, 15) is 8.42 Å². The van der Waals surface area contributed by atoms with Crippen LogP contribution in [0.2, 0.25) is 0 Å². The average molecular weight is 324 g/mol. The summed E-state index contributed by atoms with van der Waals surface area (Å²) in [6.45, 7) is 5.33. The molecule has 1 aromatic rings. The van der Waals surface area contributed by atoms with E-state index in [4.69, 9.17) is 11.6 Å². The van der Waals surface area contributed by atoms with Crippen molar-refractivity contribution in [3.05, 3.63) is 16.3 Å². The van der Waals surface area contributed by atoms with Gasteiger partial charge in [0.25, 0.3) is 0 Å². The summed E-state index contributed by atoms with van der Waals surface area (Å²) in [6, 6.07) is 1.67. The second-order valence-electron chi connectivity index (χ2n) is 4.45. The first-order valence-corrected chi connectivity index (χ1v) is 9.55. The molecule has 0 aliphatic carbocycles. The number of unbranched alkanes of at least 4 members (excludes halogenated alkanes) is 2. The minimum Gasteiger partial charge on any atom is -0.207 e. The van der Waals surface area contributed by atoms with E-state index in [1.165, 1.54) is 11.3 Å². The highest BCUT2D eigenvalue weighted by molar-refractivity contribution is 7.89. The third-order valence-electron chi connectivity index (χ3n) is 2.97. The third kappa shape index (κ3) is 4.45. The Morgan fingerprint density at radius 1 is 1.21 bits per heavy atom. The standard InChI is InChI=1S/C13H22ClNO2S2/c1-3-5-8-15(9-6-4-2)19(16,17)13-7-10-18-12(13)11-14/h7,10H,3-6,8-9,11H2,1-2H3. The van der Waals surface area contributed by atoms with Crippen LogP contribution in [0.15, 0.2) is 16.3 Å². The Bertz CT molecular complexity index is 463. The fraction of sp³-hybridized carbons (Fsp3) is 0.692. The van der Waals surface area contributed by atoms with Crippen molar-refractivity contribution in [3.63, 3.8) is 0 Å². The van der Waals surface area contributed by atoms with E-state index in [2.05, 4.69) is 13.8 Å². The Kier molecular flexibility index (Phi) is 7.36. The highest BCUT2D eigenvalue weighted by atomic mass is 35.5. The first-order valence-electron chi connectivity index (χ1n) is 6.70. The molecule has 0 aliphatic rings. The summed E-state index contributed by atoms with van der Waals surface area (Å²) in [5.74, 6) is 0.252. The van der Waals surface area contributed by atoms with Gasteiger partial charge < -0.3 is 0 Å². The quantitative estimate of drug-likeness (QED) is 0.642. The molecule has 0 bridgehead atoms. The summed E-state index contributed by atoms with van der Waals surface area (Å²) < 4.78 is 26.9. The van der Waals surface area contributed by atoms with Crippen LogP contribution in [0.5, 0.6) is 0 Å². The molecule has 1 aromatic heterocycles. The maximum Gasteiger partial charge on any atom is 0.244 e. The van der Waals surface area contributed by atoms with Crippen LogP contribution in [-0.2, 0) is 15.9 Å². The fourth-order valence-electron chi connectivity index (χ4n) is 1.82. The van der Waals surface area contributed by atoms with Gasteiger partial charge in [-0.15, -0.1) is 22.9 Å². The zero-order valence-electron chi connectivity index (χ0n) is 11.6. The number of nitrogens with zero attached hydrogens (tertiary/aromatic N) is 1. The highest BCUT2D eigenvalue weighted by Gasteiger charge is 2.26. The topological polar surface area (TPSA) is 37.4 Å². The van der Waals surface area contributed by atoms with E-state index in [0.717, 1.165) is 30.6 Å².